The van der Waals surface area contributed by atoms with E-state index in [-0.39, 0.29) is 24.5 Å². The first-order chi connectivity index (χ1) is 16.3. The summed E-state index contributed by atoms with van der Waals surface area (Å²) in [6.07, 6.45) is 6.73. The average Bonchev–Trinajstić information content (AvgIpc) is 3.54. The highest BCUT2D eigenvalue weighted by Crippen LogP contribution is 2.36. The van der Waals surface area contributed by atoms with Crippen LogP contribution < -0.4 is 15.0 Å². The average molecular weight is 453 g/mol. The highest BCUT2D eigenvalue weighted by atomic mass is 16.7. The van der Waals surface area contributed by atoms with Gasteiger partial charge in [0, 0.05) is 23.6 Å². The topological polar surface area (TPSA) is 107 Å². The zero-order chi connectivity index (χ0) is 22.2. The Kier molecular flexibility index (Phi) is 5.47. The lowest BCUT2D eigenvalue weighted by molar-refractivity contribution is 0.0909. The van der Waals surface area contributed by atoms with Crippen molar-refractivity contribution in [2.75, 3.05) is 26.5 Å². The summed E-state index contributed by atoms with van der Waals surface area (Å²) in [6, 6.07) is 5.37. The largest absolute Gasteiger partial charge is 0.454 e. The Morgan fingerprint density at radius 2 is 1.88 bits per heavy atom. The van der Waals surface area contributed by atoms with Crippen molar-refractivity contribution in [1.29, 1.82) is 0 Å². The van der Waals surface area contributed by atoms with E-state index in [9.17, 15) is 4.79 Å². The number of nitrogens with zero attached hydrogens (tertiary/aromatic N) is 5. The van der Waals surface area contributed by atoms with Gasteiger partial charge < -0.3 is 19.2 Å². The SMILES string of the molecule is O=c1[nH]c2cc3c(cc2cc1[C@@H](c1nnnn1C[C@H]1CCCO1)N1CCCCCC1)OCO3. The minimum Gasteiger partial charge on any atom is -0.454 e. The molecule has 10 nitrogen and oxygen atoms in total. The Morgan fingerprint density at radius 3 is 2.67 bits per heavy atom. The molecule has 2 atom stereocenters. The monoisotopic (exact) mass is 452 g/mol. The summed E-state index contributed by atoms with van der Waals surface area (Å²) in [6.45, 7) is 3.36. The predicted octanol–water partition coefficient (Wildman–Crippen LogP) is 2.39. The van der Waals surface area contributed by atoms with E-state index in [1.54, 1.807) is 0 Å². The Morgan fingerprint density at radius 1 is 1.06 bits per heavy atom. The molecule has 0 amide bonds. The number of H-pyrrole nitrogens is 1. The van der Waals surface area contributed by atoms with Crippen LogP contribution in [0.4, 0.5) is 0 Å². The number of fused-ring (bicyclic) bond motifs is 2. The van der Waals surface area contributed by atoms with Gasteiger partial charge in [0.05, 0.1) is 18.2 Å². The number of ether oxygens (including phenoxy) is 3. The van der Waals surface area contributed by atoms with Crippen LogP contribution in [-0.4, -0.2) is 62.7 Å². The quantitative estimate of drug-likeness (QED) is 0.629. The number of likely N-dealkylation sites (tertiary alicyclic amines) is 1. The van der Waals surface area contributed by atoms with Crippen molar-refractivity contribution >= 4 is 10.9 Å². The molecule has 0 bridgehead atoms. The zero-order valence-corrected chi connectivity index (χ0v) is 18.5. The maximum atomic E-state index is 13.4. The molecule has 1 aromatic carbocycles. The molecule has 33 heavy (non-hydrogen) atoms. The number of nitrogens with one attached hydrogen (secondary N) is 1. The van der Waals surface area contributed by atoms with Crippen molar-refractivity contribution in [2.45, 2.75) is 57.2 Å². The van der Waals surface area contributed by atoms with Crippen molar-refractivity contribution in [1.82, 2.24) is 30.1 Å². The van der Waals surface area contributed by atoms with Gasteiger partial charge >= 0.3 is 0 Å². The second kappa shape index (κ2) is 8.75. The highest BCUT2D eigenvalue weighted by molar-refractivity contribution is 5.83. The highest BCUT2D eigenvalue weighted by Gasteiger charge is 2.32. The fourth-order valence-corrected chi connectivity index (χ4v) is 5.19. The molecule has 10 heteroatoms. The summed E-state index contributed by atoms with van der Waals surface area (Å²) in [5.41, 5.74) is 1.23. The van der Waals surface area contributed by atoms with Gasteiger partial charge in [-0.3, -0.25) is 9.69 Å². The molecule has 3 aliphatic rings. The summed E-state index contributed by atoms with van der Waals surface area (Å²) in [5, 5.41) is 13.6. The van der Waals surface area contributed by atoms with E-state index in [4.69, 9.17) is 14.2 Å². The van der Waals surface area contributed by atoms with Crippen LogP contribution in [0.3, 0.4) is 0 Å². The summed E-state index contributed by atoms with van der Waals surface area (Å²) < 4.78 is 18.7. The molecule has 2 aromatic heterocycles. The number of aromatic nitrogens is 5. The number of tetrazole rings is 1. The van der Waals surface area contributed by atoms with Crippen LogP contribution in [-0.2, 0) is 11.3 Å². The van der Waals surface area contributed by atoms with Crippen LogP contribution in [0.2, 0.25) is 0 Å². The molecule has 3 aliphatic heterocycles. The molecule has 0 radical (unpaired) electrons. The maximum absolute atomic E-state index is 13.4. The van der Waals surface area contributed by atoms with E-state index in [1.807, 2.05) is 22.9 Å². The van der Waals surface area contributed by atoms with Gasteiger partial charge in [0.1, 0.15) is 6.04 Å². The van der Waals surface area contributed by atoms with Crippen molar-refractivity contribution in [3.8, 4) is 11.5 Å². The summed E-state index contributed by atoms with van der Waals surface area (Å²) in [5.74, 6) is 2.03. The van der Waals surface area contributed by atoms with Gasteiger partial charge in [0.25, 0.3) is 5.56 Å². The van der Waals surface area contributed by atoms with E-state index in [0.29, 0.717) is 29.4 Å². The van der Waals surface area contributed by atoms with Crippen molar-refractivity contribution in [3.63, 3.8) is 0 Å². The van der Waals surface area contributed by atoms with Gasteiger partial charge in [0.15, 0.2) is 17.3 Å². The smallest absolute Gasteiger partial charge is 0.253 e. The van der Waals surface area contributed by atoms with Gasteiger partial charge in [-0.2, -0.15) is 0 Å². The molecule has 1 N–H and O–H groups in total. The van der Waals surface area contributed by atoms with E-state index < -0.39 is 0 Å². The van der Waals surface area contributed by atoms with Crippen LogP contribution in [0.25, 0.3) is 10.9 Å². The van der Waals surface area contributed by atoms with Gasteiger partial charge in [-0.25, -0.2) is 4.68 Å². The van der Waals surface area contributed by atoms with Crippen molar-refractivity contribution in [2.24, 2.45) is 0 Å². The molecule has 0 saturated carbocycles. The molecule has 5 heterocycles. The number of hydrogen-bond donors (Lipinski definition) is 1. The molecule has 6 rings (SSSR count). The maximum Gasteiger partial charge on any atom is 0.253 e. The molecule has 0 aliphatic carbocycles. The first kappa shape index (κ1) is 20.6. The zero-order valence-electron chi connectivity index (χ0n) is 18.5. The lowest BCUT2D eigenvalue weighted by Gasteiger charge is -2.30. The van der Waals surface area contributed by atoms with Crippen molar-refractivity contribution in [3.05, 3.63) is 39.9 Å². The van der Waals surface area contributed by atoms with E-state index >= 15 is 0 Å². The van der Waals surface area contributed by atoms with Gasteiger partial charge in [-0.1, -0.05) is 12.8 Å². The third-order valence-corrected chi connectivity index (χ3v) is 6.87. The Labute approximate surface area is 190 Å². The fraction of sp³-hybridized carbons (Fsp3) is 0.565. The first-order valence-corrected chi connectivity index (χ1v) is 11.8. The second-order valence-electron chi connectivity index (χ2n) is 9.05. The lowest BCUT2D eigenvalue weighted by Crippen LogP contribution is -2.36. The molecular formula is C23H28N6O4. The number of benzene rings is 1. The molecule has 0 unspecified atom stereocenters. The third-order valence-electron chi connectivity index (χ3n) is 6.87. The van der Waals surface area contributed by atoms with Crippen LogP contribution in [0.15, 0.2) is 23.0 Å². The van der Waals surface area contributed by atoms with Gasteiger partial charge in [-0.15, -0.1) is 5.10 Å². The van der Waals surface area contributed by atoms with E-state index in [2.05, 4.69) is 25.4 Å². The number of rotatable bonds is 5. The van der Waals surface area contributed by atoms with Crippen LogP contribution in [0.1, 0.15) is 56.0 Å². The normalized spacial score (nSPS) is 22.0. The minimum absolute atomic E-state index is 0.103. The lowest BCUT2D eigenvalue weighted by atomic mass is 10.0. The molecule has 3 aromatic rings. The van der Waals surface area contributed by atoms with Crippen LogP contribution in [0, 0.1) is 0 Å². The fourth-order valence-electron chi connectivity index (χ4n) is 5.19. The number of pyridine rings is 1. The van der Waals surface area contributed by atoms with Crippen LogP contribution in [0.5, 0.6) is 11.5 Å². The minimum atomic E-state index is -0.335. The number of hydrogen-bond acceptors (Lipinski definition) is 8. The first-order valence-electron chi connectivity index (χ1n) is 11.8. The Bertz CT molecular complexity index is 1190. The third kappa shape index (κ3) is 3.97. The molecular weight excluding hydrogens is 424 g/mol. The molecule has 174 valence electrons. The molecule has 2 saturated heterocycles. The summed E-state index contributed by atoms with van der Waals surface area (Å²) in [7, 11) is 0. The molecule has 0 spiro atoms. The van der Waals surface area contributed by atoms with E-state index in [1.165, 1.54) is 12.8 Å². The number of aromatic amines is 1. The Balaban J connectivity index is 1.45. The molecule has 2 fully saturated rings. The van der Waals surface area contributed by atoms with Crippen molar-refractivity contribution < 1.29 is 14.2 Å². The summed E-state index contributed by atoms with van der Waals surface area (Å²) in [4.78, 5) is 18.8. The predicted molar refractivity (Wildman–Crippen MR) is 119 cm³/mol. The Hall–Kier alpha value is -2.98. The van der Waals surface area contributed by atoms with E-state index in [0.717, 1.165) is 56.3 Å². The standard InChI is InChI=1S/C23H28N6O4/c30-23-17(10-15-11-19-20(33-14-32-19)12-18(15)24-23)21(28-7-3-1-2-4-8-28)22-25-26-27-29(22)13-16-6-5-9-31-16/h10-12,16,21H,1-9,13-14H2,(H,24,30)/t16-,21+/m1/s1. The van der Waals surface area contributed by atoms with Gasteiger partial charge in [0.2, 0.25) is 6.79 Å². The second-order valence-corrected chi connectivity index (χ2v) is 9.05. The van der Waals surface area contributed by atoms with Crippen LogP contribution >= 0.6 is 0 Å². The van der Waals surface area contributed by atoms with Gasteiger partial charge in [-0.05, 0) is 61.3 Å². The summed E-state index contributed by atoms with van der Waals surface area (Å²) >= 11 is 0.